The number of thioether (sulfide) groups is 1. The molecule has 156 valence electrons. The maximum atomic E-state index is 13.0. The van der Waals surface area contributed by atoms with Gasteiger partial charge in [0.1, 0.15) is 0 Å². The zero-order valence-corrected chi connectivity index (χ0v) is 16.4. The van der Waals surface area contributed by atoms with Crippen LogP contribution in [0, 0.1) is 5.92 Å². The Kier molecular flexibility index (Phi) is 7.21. The SMILES string of the molecule is CC[C@@H](/C=C/c1cc(C(F)(F)F)cc(C(F)(F)F)c1)C(=O)c1ccccc1SC. The fourth-order valence-corrected chi connectivity index (χ4v) is 3.36. The van der Waals surface area contributed by atoms with Crippen LogP contribution in [-0.2, 0) is 12.4 Å². The molecule has 1 atom stereocenters. The lowest BCUT2D eigenvalue weighted by Crippen LogP contribution is -2.13. The fourth-order valence-electron chi connectivity index (χ4n) is 2.76. The van der Waals surface area contributed by atoms with E-state index in [0.29, 0.717) is 24.1 Å². The minimum absolute atomic E-state index is 0.0779. The zero-order chi connectivity index (χ0) is 21.8. The highest BCUT2D eigenvalue weighted by Gasteiger charge is 2.36. The molecule has 0 aromatic heterocycles. The van der Waals surface area contributed by atoms with E-state index in [1.807, 2.05) is 6.26 Å². The van der Waals surface area contributed by atoms with Crippen molar-refractivity contribution in [3.05, 3.63) is 70.8 Å². The van der Waals surface area contributed by atoms with Gasteiger partial charge in [0.25, 0.3) is 0 Å². The summed E-state index contributed by atoms with van der Waals surface area (Å²) in [7, 11) is 0. The Bertz CT molecular complexity index is 867. The molecule has 2 aromatic carbocycles. The number of halogens is 6. The number of Topliss-reactive ketones (excluding diaryl/α,β-unsaturated/α-hetero) is 1. The van der Waals surface area contributed by atoms with E-state index >= 15 is 0 Å². The van der Waals surface area contributed by atoms with Crippen LogP contribution in [0.15, 0.2) is 53.4 Å². The first-order valence-electron chi connectivity index (χ1n) is 8.62. The maximum absolute atomic E-state index is 13.0. The van der Waals surface area contributed by atoms with Gasteiger partial charge in [-0.1, -0.05) is 37.3 Å². The number of alkyl halides is 6. The normalized spacial score (nSPS) is 13.7. The molecule has 29 heavy (non-hydrogen) atoms. The van der Waals surface area contributed by atoms with Crippen molar-refractivity contribution in [1.82, 2.24) is 0 Å². The second-order valence-corrected chi connectivity index (χ2v) is 7.13. The third-order valence-electron chi connectivity index (χ3n) is 4.28. The maximum Gasteiger partial charge on any atom is 0.416 e. The third kappa shape index (κ3) is 5.88. The van der Waals surface area contributed by atoms with Crippen molar-refractivity contribution in [3.63, 3.8) is 0 Å². The van der Waals surface area contributed by atoms with Crippen LogP contribution in [0.25, 0.3) is 6.08 Å². The Labute approximate surface area is 168 Å². The van der Waals surface area contributed by atoms with Crippen LogP contribution < -0.4 is 0 Å². The van der Waals surface area contributed by atoms with E-state index in [2.05, 4.69) is 0 Å². The van der Waals surface area contributed by atoms with Crippen LogP contribution in [-0.4, -0.2) is 12.0 Å². The Morgan fingerprint density at radius 2 is 1.55 bits per heavy atom. The molecular weight excluding hydrogens is 414 g/mol. The molecule has 0 saturated heterocycles. The summed E-state index contributed by atoms with van der Waals surface area (Å²) in [4.78, 5) is 13.6. The van der Waals surface area contributed by atoms with Crippen LogP contribution >= 0.6 is 11.8 Å². The summed E-state index contributed by atoms with van der Waals surface area (Å²) in [6.45, 7) is 1.72. The minimum atomic E-state index is -4.92. The lowest BCUT2D eigenvalue weighted by atomic mass is 9.93. The Morgan fingerprint density at radius 1 is 1.00 bits per heavy atom. The fraction of sp³-hybridized carbons (Fsp3) is 0.286. The molecule has 8 heteroatoms. The zero-order valence-electron chi connectivity index (χ0n) is 15.6. The molecule has 0 radical (unpaired) electrons. The second kappa shape index (κ2) is 9.07. The van der Waals surface area contributed by atoms with E-state index in [1.165, 1.54) is 17.8 Å². The van der Waals surface area contributed by atoms with Crippen molar-refractivity contribution >= 4 is 23.6 Å². The largest absolute Gasteiger partial charge is 0.416 e. The molecule has 0 amide bonds. The van der Waals surface area contributed by atoms with Gasteiger partial charge in [-0.3, -0.25) is 4.79 Å². The van der Waals surface area contributed by atoms with E-state index < -0.39 is 29.4 Å². The molecule has 2 rings (SSSR count). The van der Waals surface area contributed by atoms with Gasteiger partial charge in [-0.15, -0.1) is 11.8 Å². The van der Waals surface area contributed by atoms with Crippen molar-refractivity contribution in [2.45, 2.75) is 30.6 Å². The van der Waals surface area contributed by atoms with Crippen LogP contribution in [0.5, 0.6) is 0 Å². The first-order chi connectivity index (χ1) is 13.5. The first kappa shape index (κ1) is 23.1. The summed E-state index contributed by atoms with van der Waals surface area (Å²) in [6, 6.07) is 8.26. The van der Waals surface area contributed by atoms with Gasteiger partial charge in [0, 0.05) is 16.4 Å². The van der Waals surface area contributed by atoms with Crippen LogP contribution in [0.2, 0.25) is 0 Å². The number of hydrogen-bond acceptors (Lipinski definition) is 2. The summed E-state index contributed by atoms with van der Waals surface area (Å²) >= 11 is 1.38. The number of carbonyl (C=O) groups excluding carboxylic acids is 1. The lowest BCUT2D eigenvalue weighted by Gasteiger charge is -2.14. The van der Waals surface area contributed by atoms with Crippen molar-refractivity contribution in [1.29, 1.82) is 0 Å². The van der Waals surface area contributed by atoms with E-state index in [4.69, 9.17) is 0 Å². The van der Waals surface area contributed by atoms with Crippen LogP contribution in [0.3, 0.4) is 0 Å². The summed E-state index contributed by atoms with van der Waals surface area (Å²) in [5, 5.41) is 0. The van der Waals surface area contributed by atoms with Gasteiger partial charge in [0.2, 0.25) is 0 Å². The molecular formula is C21H18F6OS. The predicted molar refractivity (Wildman–Crippen MR) is 102 cm³/mol. The summed E-state index contributed by atoms with van der Waals surface area (Å²) < 4.78 is 77.9. The Morgan fingerprint density at radius 3 is 2.03 bits per heavy atom. The molecule has 0 bridgehead atoms. The van der Waals surface area contributed by atoms with E-state index in [9.17, 15) is 31.1 Å². The molecule has 1 nitrogen and oxygen atoms in total. The van der Waals surface area contributed by atoms with Crippen molar-refractivity contribution in [2.24, 2.45) is 5.92 Å². The van der Waals surface area contributed by atoms with Gasteiger partial charge in [0.05, 0.1) is 11.1 Å². The molecule has 0 spiro atoms. The highest BCUT2D eigenvalue weighted by Crippen LogP contribution is 2.36. The van der Waals surface area contributed by atoms with Gasteiger partial charge < -0.3 is 0 Å². The predicted octanol–water partition coefficient (Wildman–Crippen LogP) is 7.37. The highest BCUT2D eigenvalue weighted by molar-refractivity contribution is 7.98. The average Bonchev–Trinajstić information content (AvgIpc) is 2.66. The Hall–Kier alpha value is -2.22. The van der Waals surface area contributed by atoms with Crippen molar-refractivity contribution in [3.8, 4) is 0 Å². The van der Waals surface area contributed by atoms with Crippen molar-refractivity contribution in [2.75, 3.05) is 6.26 Å². The topological polar surface area (TPSA) is 17.1 Å². The average molecular weight is 432 g/mol. The quantitative estimate of drug-likeness (QED) is 0.269. The number of allylic oxidation sites excluding steroid dienone is 1. The summed E-state index contributed by atoms with van der Waals surface area (Å²) in [6.07, 6.45) is -5.18. The number of ketones is 1. The molecule has 0 fully saturated rings. The standard InChI is InChI=1S/C21H18F6OS/c1-3-14(19(28)17-6-4-5-7-18(17)29-2)9-8-13-10-15(20(22,23)24)12-16(11-13)21(25,26)27/h4-12,14H,3H2,1-2H3/b9-8+/t14-/m0/s1. The molecule has 0 N–H and O–H groups in total. The van der Waals surface area contributed by atoms with E-state index in [1.54, 1.807) is 31.2 Å². The van der Waals surface area contributed by atoms with Crippen molar-refractivity contribution < 1.29 is 31.1 Å². The molecule has 0 saturated carbocycles. The molecule has 2 aromatic rings. The molecule has 0 unspecified atom stereocenters. The number of hydrogen-bond donors (Lipinski definition) is 0. The molecule has 0 aliphatic rings. The van der Waals surface area contributed by atoms with E-state index in [-0.39, 0.29) is 17.4 Å². The highest BCUT2D eigenvalue weighted by atomic mass is 32.2. The van der Waals surface area contributed by atoms with Gasteiger partial charge in [-0.25, -0.2) is 0 Å². The van der Waals surface area contributed by atoms with E-state index in [0.717, 1.165) is 11.0 Å². The van der Waals surface area contributed by atoms with Crippen LogP contribution in [0.4, 0.5) is 26.3 Å². The minimum Gasteiger partial charge on any atom is -0.293 e. The Balaban J connectivity index is 2.41. The third-order valence-corrected chi connectivity index (χ3v) is 5.08. The van der Waals surface area contributed by atoms with Gasteiger partial charge >= 0.3 is 12.4 Å². The van der Waals surface area contributed by atoms with Gasteiger partial charge in [0.15, 0.2) is 5.78 Å². The summed E-state index contributed by atoms with van der Waals surface area (Å²) in [5.74, 6) is -0.913. The smallest absolute Gasteiger partial charge is 0.293 e. The van der Waals surface area contributed by atoms with Gasteiger partial charge in [-0.2, -0.15) is 26.3 Å². The molecule has 0 aliphatic carbocycles. The van der Waals surface area contributed by atoms with Crippen LogP contribution in [0.1, 0.15) is 40.4 Å². The number of rotatable bonds is 6. The first-order valence-corrected chi connectivity index (χ1v) is 9.84. The lowest BCUT2D eigenvalue weighted by molar-refractivity contribution is -0.143. The van der Waals surface area contributed by atoms with Gasteiger partial charge in [-0.05, 0) is 42.5 Å². The monoisotopic (exact) mass is 432 g/mol. The number of carbonyl (C=O) groups is 1. The second-order valence-electron chi connectivity index (χ2n) is 6.28. The summed E-state index contributed by atoms with van der Waals surface area (Å²) in [5.41, 5.74) is -2.58. The molecule has 0 aliphatic heterocycles. The molecule has 0 heterocycles. The number of benzene rings is 2.